The molecule has 2 N–H and O–H groups in total. The maximum absolute atomic E-state index is 11.8. The molecular weight excluding hydrogens is 272 g/mol. The van der Waals surface area contributed by atoms with Crippen molar-refractivity contribution in [2.24, 2.45) is 5.41 Å². The van der Waals surface area contributed by atoms with E-state index in [9.17, 15) is 14.7 Å². The van der Waals surface area contributed by atoms with Crippen LogP contribution in [0.25, 0.3) is 0 Å². The zero-order chi connectivity index (χ0) is 15.7. The van der Waals surface area contributed by atoms with Gasteiger partial charge in [-0.3, -0.25) is 14.5 Å². The first-order chi connectivity index (χ1) is 10.0. The lowest BCUT2D eigenvalue weighted by Gasteiger charge is -2.38. The first-order valence-electron chi connectivity index (χ1n) is 7.75. The number of hydrogen-bond acceptors (Lipinski definition) is 4. The van der Waals surface area contributed by atoms with Crippen LogP contribution in [0.3, 0.4) is 0 Å². The van der Waals surface area contributed by atoms with Gasteiger partial charge in [0.15, 0.2) is 0 Å². The molecule has 122 valence electrons. The number of amides is 1. The van der Waals surface area contributed by atoms with Crippen molar-refractivity contribution in [3.8, 4) is 0 Å². The summed E-state index contributed by atoms with van der Waals surface area (Å²) in [6.07, 6.45) is 3.67. The number of carbonyl (C=O) groups excluding carboxylic acids is 1. The third kappa shape index (κ3) is 5.63. The van der Waals surface area contributed by atoms with Crippen LogP contribution in [-0.4, -0.2) is 61.8 Å². The first-order valence-corrected chi connectivity index (χ1v) is 7.75. The maximum atomic E-state index is 11.8. The van der Waals surface area contributed by atoms with Gasteiger partial charge in [0, 0.05) is 20.3 Å². The summed E-state index contributed by atoms with van der Waals surface area (Å²) in [4.78, 5) is 25.3. The molecule has 1 aliphatic rings. The second-order valence-corrected chi connectivity index (χ2v) is 5.81. The molecule has 0 saturated carbocycles. The molecule has 1 fully saturated rings. The fourth-order valence-electron chi connectivity index (χ4n) is 2.89. The molecule has 0 aromatic carbocycles. The van der Waals surface area contributed by atoms with Crippen molar-refractivity contribution in [3.63, 3.8) is 0 Å². The minimum absolute atomic E-state index is 0.00409. The third-order valence-corrected chi connectivity index (χ3v) is 4.21. The SMILES string of the molecule is CCCC1(C(=O)O)CCN(CC(=O)NCCCOC)CC1. The van der Waals surface area contributed by atoms with E-state index in [-0.39, 0.29) is 5.91 Å². The Hall–Kier alpha value is -1.14. The summed E-state index contributed by atoms with van der Waals surface area (Å²) in [5, 5.41) is 12.3. The van der Waals surface area contributed by atoms with Crippen molar-refractivity contribution in [3.05, 3.63) is 0 Å². The van der Waals surface area contributed by atoms with Crippen LogP contribution in [-0.2, 0) is 14.3 Å². The van der Waals surface area contributed by atoms with E-state index in [4.69, 9.17) is 4.74 Å². The number of carbonyl (C=O) groups is 2. The largest absolute Gasteiger partial charge is 0.481 e. The van der Waals surface area contributed by atoms with E-state index in [1.54, 1.807) is 7.11 Å². The fourth-order valence-corrected chi connectivity index (χ4v) is 2.89. The van der Waals surface area contributed by atoms with Crippen molar-refractivity contribution in [2.75, 3.05) is 39.9 Å². The van der Waals surface area contributed by atoms with E-state index < -0.39 is 11.4 Å². The summed E-state index contributed by atoms with van der Waals surface area (Å²) in [5.41, 5.74) is -0.583. The van der Waals surface area contributed by atoms with Gasteiger partial charge in [0.25, 0.3) is 0 Å². The number of nitrogens with one attached hydrogen (secondary N) is 1. The molecule has 1 saturated heterocycles. The standard InChI is InChI=1S/C15H28N2O4/c1-3-5-15(14(19)20)6-9-17(10-7-15)12-13(18)16-8-4-11-21-2/h3-12H2,1-2H3,(H,16,18)(H,19,20). The molecule has 1 amide bonds. The normalized spacial score (nSPS) is 18.4. The van der Waals surface area contributed by atoms with E-state index in [0.717, 1.165) is 19.3 Å². The van der Waals surface area contributed by atoms with E-state index in [1.807, 2.05) is 11.8 Å². The van der Waals surface area contributed by atoms with Gasteiger partial charge in [-0.15, -0.1) is 0 Å². The van der Waals surface area contributed by atoms with Crippen molar-refractivity contribution in [1.29, 1.82) is 0 Å². The summed E-state index contributed by atoms with van der Waals surface area (Å²) >= 11 is 0. The van der Waals surface area contributed by atoms with Crippen molar-refractivity contribution in [2.45, 2.75) is 39.0 Å². The highest BCUT2D eigenvalue weighted by Gasteiger charge is 2.40. The number of methoxy groups -OCH3 is 1. The van der Waals surface area contributed by atoms with E-state index >= 15 is 0 Å². The molecular formula is C15H28N2O4. The third-order valence-electron chi connectivity index (χ3n) is 4.21. The van der Waals surface area contributed by atoms with Gasteiger partial charge in [0.1, 0.15) is 0 Å². The zero-order valence-electron chi connectivity index (χ0n) is 13.2. The minimum Gasteiger partial charge on any atom is -0.481 e. The van der Waals surface area contributed by atoms with Crippen LogP contribution >= 0.6 is 0 Å². The zero-order valence-corrected chi connectivity index (χ0v) is 13.2. The maximum Gasteiger partial charge on any atom is 0.309 e. The van der Waals surface area contributed by atoms with Gasteiger partial charge in [-0.25, -0.2) is 0 Å². The van der Waals surface area contributed by atoms with Crippen LogP contribution in [0.15, 0.2) is 0 Å². The first kappa shape index (κ1) is 17.9. The molecule has 0 aromatic heterocycles. The fraction of sp³-hybridized carbons (Fsp3) is 0.867. The van der Waals surface area contributed by atoms with E-state index in [2.05, 4.69) is 5.32 Å². The Morgan fingerprint density at radius 3 is 2.52 bits per heavy atom. The molecule has 1 heterocycles. The van der Waals surface area contributed by atoms with Gasteiger partial charge >= 0.3 is 5.97 Å². The van der Waals surface area contributed by atoms with Crippen LogP contribution in [0, 0.1) is 5.41 Å². The second-order valence-electron chi connectivity index (χ2n) is 5.81. The van der Waals surface area contributed by atoms with Gasteiger partial charge in [0.2, 0.25) is 5.91 Å². The highest BCUT2D eigenvalue weighted by Crippen LogP contribution is 2.36. The van der Waals surface area contributed by atoms with Crippen molar-refractivity contribution < 1.29 is 19.4 Å². The number of ether oxygens (including phenoxy) is 1. The summed E-state index contributed by atoms with van der Waals surface area (Å²) in [6.45, 7) is 4.99. The molecule has 0 bridgehead atoms. The number of carboxylic acid groups (broad SMARTS) is 1. The van der Waals surface area contributed by atoms with Crippen LogP contribution in [0.1, 0.15) is 39.0 Å². The monoisotopic (exact) mass is 300 g/mol. The van der Waals surface area contributed by atoms with E-state index in [1.165, 1.54) is 0 Å². The quantitative estimate of drug-likeness (QED) is 0.624. The number of nitrogens with zero attached hydrogens (tertiary/aromatic N) is 1. The Kier molecular flexibility index (Phi) is 7.67. The van der Waals surface area contributed by atoms with Gasteiger partial charge in [-0.05, 0) is 38.8 Å². The van der Waals surface area contributed by atoms with Gasteiger partial charge < -0.3 is 15.2 Å². The van der Waals surface area contributed by atoms with Crippen molar-refractivity contribution in [1.82, 2.24) is 10.2 Å². The Labute approximate surface area is 126 Å². The average molecular weight is 300 g/mol. The molecule has 0 radical (unpaired) electrons. The average Bonchev–Trinajstić information content (AvgIpc) is 2.46. The second kappa shape index (κ2) is 9.00. The predicted octanol–water partition coefficient (Wildman–Crippen LogP) is 1.11. The van der Waals surface area contributed by atoms with Crippen LogP contribution in [0.4, 0.5) is 0 Å². The smallest absolute Gasteiger partial charge is 0.309 e. The number of rotatable bonds is 9. The lowest BCUT2D eigenvalue weighted by atomic mass is 9.75. The predicted molar refractivity (Wildman–Crippen MR) is 80.2 cm³/mol. The Balaban J connectivity index is 2.32. The highest BCUT2D eigenvalue weighted by atomic mass is 16.5. The number of hydrogen-bond donors (Lipinski definition) is 2. The molecule has 21 heavy (non-hydrogen) atoms. The van der Waals surface area contributed by atoms with E-state index in [0.29, 0.717) is 45.6 Å². The lowest BCUT2D eigenvalue weighted by Crippen LogP contribution is -2.47. The van der Waals surface area contributed by atoms with Gasteiger partial charge in [-0.2, -0.15) is 0 Å². The highest BCUT2D eigenvalue weighted by molar-refractivity contribution is 5.78. The molecule has 0 spiro atoms. The van der Waals surface area contributed by atoms with Crippen LogP contribution in [0.2, 0.25) is 0 Å². The topological polar surface area (TPSA) is 78.9 Å². The Morgan fingerprint density at radius 1 is 1.33 bits per heavy atom. The van der Waals surface area contributed by atoms with Gasteiger partial charge in [-0.1, -0.05) is 13.3 Å². The summed E-state index contributed by atoms with van der Waals surface area (Å²) in [5.74, 6) is -0.683. The molecule has 6 nitrogen and oxygen atoms in total. The molecule has 0 aliphatic carbocycles. The lowest BCUT2D eigenvalue weighted by molar-refractivity contribution is -0.152. The molecule has 0 unspecified atom stereocenters. The van der Waals surface area contributed by atoms with Gasteiger partial charge in [0.05, 0.1) is 12.0 Å². The number of piperidine rings is 1. The Bertz CT molecular complexity index is 339. The molecule has 0 aromatic rings. The molecule has 0 atom stereocenters. The van der Waals surface area contributed by atoms with Crippen LogP contribution in [0.5, 0.6) is 0 Å². The summed E-state index contributed by atoms with van der Waals surface area (Å²) in [7, 11) is 1.64. The molecule has 6 heteroatoms. The Morgan fingerprint density at radius 2 is 2.00 bits per heavy atom. The summed E-state index contributed by atoms with van der Waals surface area (Å²) < 4.78 is 4.92. The number of carboxylic acids is 1. The molecule has 1 rings (SSSR count). The number of likely N-dealkylation sites (tertiary alicyclic amines) is 1. The van der Waals surface area contributed by atoms with Crippen molar-refractivity contribution >= 4 is 11.9 Å². The number of aliphatic carboxylic acids is 1. The summed E-state index contributed by atoms with van der Waals surface area (Å²) in [6, 6.07) is 0. The minimum atomic E-state index is -0.687. The molecule has 1 aliphatic heterocycles. The van der Waals surface area contributed by atoms with Crippen LogP contribution < -0.4 is 5.32 Å².